The van der Waals surface area contributed by atoms with E-state index in [2.05, 4.69) is 10.6 Å². The summed E-state index contributed by atoms with van der Waals surface area (Å²) in [6.45, 7) is 7.68. The number of carbonyl (C=O) groups excluding carboxylic acids is 3. The number of rotatable bonds is 12. The SMILES string of the molecule is CCC(C)C(NC(=O)C1CCCN1C(=O)C(CCSC)NC(=O)C(N)C(C)C)C(=O)O. The fraction of sp³-hybridized carbons (Fsp3) is 0.810. The largest absolute Gasteiger partial charge is 0.480 e. The Morgan fingerprint density at radius 3 is 2.35 bits per heavy atom. The maximum atomic E-state index is 13.3. The lowest BCUT2D eigenvalue weighted by molar-refractivity contribution is -0.146. The smallest absolute Gasteiger partial charge is 0.326 e. The molecule has 0 radical (unpaired) electrons. The summed E-state index contributed by atoms with van der Waals surface area (Å²) in [7, 11) is 0. The molecule has 5 unspecified atom stereocenters. The summed E-state index contributed by atoms with van der Waals surface area (Å²) in [6.07, 6.45) is 4.03. The topological polar surface area (TPSA) is 142 Å². The van der Waals surface area contributed by atoms with Crippen molar-refractivity contribution in [1.29, 1.82) is 0 Å². The van der Waals surface area contributed by atoms with E-state index in [0.717, 1.165) is 0 Å². The fourth-order valence-electron chi connectivity index (χ4n) is 3.50. The molecule has 1 fully saturated rings. The first-order valence-corrected chi connectivity index (χ1v) is 12.3. The summed E-state index contributed by atoms with van der Waals surface area (Å²) in [5, 5.41) is 14.8. The maximum absolute atomic E-state index is 13.3. The molecule has 1 saturated heterocycles. The second-order valence-corrected chi connectivity index (χ2v) is 9.50. The minimum absolute atomic E-state index is 0.0740. The highest BCUT2D eigenvalue weighted by Gasteiger charge is 2.39. The van der Waals surface area contributed by atoms with E-state index in [1.54, 1.807) is 18.7 Å². The molecule has 1 aliphatic rings. The van der Waals surface area contributed by atoms with Crippen LogP contribution in [0.2, 0.25) is 0 Å². The van der Waals surface area contributed by atoms with Gasteiger partial charge in [-0.25, -0.2) is 4.79 Å². The lowest BCUT2D eigenvalue weighted by Crippen LogP contribution is -2.57. The van der Waals surface area contributed by atoms with Gasteiger partial charge in [0.15, 0.2) is 0 Å². The summed E-state index contributed by atoms with van der Waals surface area (Å²) in [5.74, 6) is -1.93. The molecule has 0 spiro atoms. The Morgan fingerprint density at radius 1 is 1.19 bits per heavy atom. The fourth-order valence-corrected chi connectivity index (χ4v) is 3.97. The van der Waals surface area contributed by atoms with Crippen molar-refractivity contribution in [3.05, 3.63) is 0 Å². The molecule has 10 heteroatoms. The van der Waals surface area contributed by atoms with Gasteiger partial charge >= 0.3 is 5.97 Å². The summed E-state index contributed by atoms with van der Waals surface area (Å²) >= 11 is 1.56. The van der Waals surface area contributed by atoms with Gasteiger partial charge in [0.2, 0.25) is 17.7 Å². The maximum Gasteiger partial charge on any atom is 0.326 e. The van der Waals surface area contributed by atoms with E-state index in [4.69, 9.17) is 5.73 Å². The van der Waals surface area contributed by atoms with E-state index in [9.17, 15) is 24.3 Å². The first kappa shape index (κ1) is 27.2. The van der Waals surface area contributed by atoms with Gasteiger partial charge in [0.05, 0.1) is 6.04 Å². The van der Waals surface area contributed by atoms with Crippen LogP contribution in [0, 0.1) is 11.8 Å². The predicted octanol–water partition coefficient (Wildman–Crippen LogP) is 0.814. The summed E-state index contributed by atoms with van der Waals surface area (Å²) in [5.41, 5.74) is 5.93. The third kappa shape index (κ3) is 7.68. The average Bonchev–Trinajstić information content (AvgIpc) is 3.22. The minimum Gasteiger partial charge on any atom is -0.480 e. The predicted molar refractivity (Wildman–Crippen MR) is 121 cm³/mol. The van der Waals surface area contributed by atoms with Crippen molar-refractivity contribution in [3.63, 3.8) is 0 Å². The number of thioether (sulfide) groups is 1. The summed E-state index contributed by atoms with van der Waals surface area (Å²) in [4.78, 5) is 51.6. The molecule has 0 bridgehead atoms. The number of carboxylic acid groups (broad SMARTS) is 1. The van der Waals surface area contributed by atoms with E-state index in [1.807, 2.05) is 27.0 Å². The number of carbonyl (C=O) groups is 4. The molecule has 178 valence electrons. The second kappa shape index (κ2) is 12.9. The molecule has 0 aromatic rings. The average molecular weight is 459 g/mol. The van der Waals surface area contributed by atoms with Crippen molar-refractivity contribution in [2.75, 3.05) is 18.6 Å². The van der Waals surface area contributed by atoms with Crippen LogP contribution in [-0.2, 0) is 19.2 Å². The van der Waals surface area contributed by atoms with E-state index >= 15 is 0 Å². The van der Waals surface area contributed by atoms with Gasteiger partial charge in [-0.1, -0.05) is 34.1 Å². The summed E-state index contributed by atoms with van der Waals surface area (Å²) < 4.78 is 0. The molecule has 5 N–H and O–H groups in total. The van der Waals surface area contributed by atoms with Gasteiger partial charge in [0, 0.05) is 6.54 Å². The third-order valence-corrected chi connectivity index (χ3v) is 6.51. The Labute approximate surface area is 189 Å². The van der Waals surface area contributed by atoms with Crippen LogP contribution in [-0.4, -0.2) is 76.4 Å². The first-order valence-electron chi connectivity index (χ1n) is 10.9. The van der Waals surface area contributed by atoms with Crippen LogP contribution in [0.15, 0.2) is 0 Å². The highest BCUT2D eigenvalue weighted by molar-refractivity contribution is 7.98. The van der Waals surface area contributed by atoms with Crippen molar-refractivity contribution in [2.24, 2.45) is 17.6 Å². The molecule has 1 heterocycles. The molecule has 1 rings (SSSR count). The minimum atomic E-state index is -1.09. The number of likely N-dealkylation sites (tertiary alicyclic amines) is 1. The van der Waals surface area contributed by atoms with Crippen molar-refractivity contribution in [1.82, 2.24) is 15.5 Å². The Morgan fingerprint density at radius 2 is 1.84 bits per heavy atom. The monoisotopic (exact) mass is 458 g/mol. The third-order valence-electron chi connectivity index (χ3n) is 5.86. The van der Waals surface area contributed by atoms with Gasteiger partial charge in [0.25, 0.3) is 0 Å². The Kier molecular flexibility index (Phi) is 11.3. The summed E-state index contributed by atoms with van der Waals surface area (Å²) in [6, 6.07) is -3.26. The second-order valence-electron chi connectivity index (χ2n) is 8.51. The van der Waals surface area contributed by atoms with Gasteiger partial charge in [-0.05, 0) is 43.1 Å². The molecule has 3 amide bonds. The standard InChI is InChI=1S/C21H38N4O5S/c1-6-13(4)17(21(29)30)24-18(26)15-8-7-10-25(15)20(28)14(9-11-31-5)23-19(27)16(22)12(2)3/h12-17H,6-11,22H2,1-5H3,(H,23,27)(H,24,26)(H,29,30). The molecular weight excluding hydrogens is 420 g/mol. The first-order chi connectivity index (χ1) is 14.5. The van der Waals surface area contributed by atoms with Gasteiger partial charge in [-0.15, -0.1) is 0 Å². The molecule has 0 saturated carbocycles. The van der Waals surface area contributed by atoms with E-state index in [-0.39, 0.29) is 17.7 Å². The normalized spacial score (nSPS) is 20.1. The highest BCUT2D eigenvalue weighted by Crippen LogP contribution is 2.21. The van der Waals surface area contributed by atoms with Crippen molar-refractivity contribution in [2.45, 2.75) is 77.5 Å². The van der Waals surface area contributed by atoms with Crippen molar-refractivity contribution >= 4 is 35.5 Å². The quantitative estimate of drug-likeness (QED) is 0.339. The molecule has 0 aliphatic carbocycles. The number of hydrogen-bond donors (Lipinski definition) is 4. The number of hydrogen-bond acceptors (Lipinski definition) is 6. The zero-order valence-electron chi connectivity index (χ0n) is 19.2. The van der Waals surface area contributed by atoms with E-state index in [0.29, 0.717) is 38.0 Å². The molecule has 1 aliphatic heterocycles. The van der Waals surface area contributed by atoms with E-state index < -0.39 is 42.0 Å². The van der Waals surface area contributed by atoms with Crippen molar-refractivity contribution in [3.8, 4) is 0 Å². The number of nitrogens with two attached hydrogens (primary N) is 1. The van der Waals surface area contributed by atoms with Gasteiger partial charge in [-0.3, -0.25) is 14.4 Å². The molecule has 0 aromatic carbocycles. The molecule has 5 atom stereocenters. The zero-order valence-corrected chi connectivity index (χ0v) is 20.0. The van der Waals surface area contributed by atoms with Crippen LogP contribution in [0.5, 0.6) is 0 Å². The number of carboxylic acids is 1. The van der Waals surface area contributed by atoms with Gasteiger partial charge < -0.3 is 26.4 Å². The van der Waals surface area contributed by atoms with Crippen LogP contribution in [0.25, 0.3) is 0 Å². The zero-order chi connectivity index (χ0) is 23.7. The lowest BCUT2D eigenvalue weighted by atomic mass is 9.98. The van der Waals surface area contributed by atoms with Crippen LogP contribution < -0.4 is 16.4 Å². The van der Waals surface area contributed by atoms with Gasteiger partial charge in [0.1, 0.15) is 18.1 Å². The van der Waals surface area contributed by atoms with Crippen molar-refractivity contribution < 1.29 is 24.3 Å². The molecular formula is C21H38N4O5S. The number of nitrogens with zero attached hydrogens (tertiary/aromatic N) is 1. The van der Waals surface area contributed by atoms with Crippen LogP contribution in [0.1, 0.15) is 53.4 Å². The number of nitrogens with one attached hydrogen (secondary N) is 2. The number of aliphatic carboxylic acids is 1. The van der Waals surface area contributed by atoms with Crippen LogP contribution in [0.3, 0.4) is 0 Å². The lowest BCUT2D eigenvalue weighted by Gasteiger charge is -2.30. The highest BCUT2D eigenvalue weighted by atomic mass is 32.2. The molecule has 31 heavy (non-hydrogen) atoms. The van der Waals surface area contributed by atoms with Crippen LogP contribution >= 0.6 is 11.8 Å². The van der Waals surface area contributed by atoms with Gasteiger partial charge in [-0.2, -0.15) is 11.8 Å². The molecule has 0 aromatic heterocycles. The van der Waals surface area contributed by atoms with E-state index in [1.165, 1.54) is 4.90 Å². The Hall–Kier alpha value is -1.81. The molecule has 9 nitrogen and oxygen atoms in total. The Balaban J connectivity index is 2.96. The number of amides is 3. The Bertz CT molecular complexity index is 645. The van der Waals surface area contributed by atoms with Crippen LogP contribution in [0.4, 0.5) is 0 Å².